The summed E-state index contributed by atoms with van der Waals surface area (Å²) in [6.45, 7) is 6.22. The smallest absolute Gasteiger partial charge is 0.407 e. The molecule has 33 heavy (non-hydrogen) atoms. The quantitative estimate of drug-likeness (QED) is 0.455. The lowest BCUT2D eigenvalue weighted by Crippen LogP contribution is -2.44. The number of hydrogen-bond donors (Lipinski definition) is 2. The maximum atomic E-state index is 12.1. The van der Waals surface area contributed by atoms with Crippen LogP contribution < -0.4 is 20.5 Å². The van der Waals surface area contributed by atoms with Crippen molar-refractivity contribution in [2.24, 2.45) is 5.73 Å². The van der Waals surface area contributed by atoms with Crippen molar-refractivity contribution in [1.29, 1.82) is 0 Å². The Hall–Kier alpha value is -3.51. The van der Waals surface area contributed by atoms with Gasteiger partial charge >= 0.3 is 6.09 Å². The lowest BCUT2D eigenvalue weighted by atomic mass is 10.1. The van der Waals surface area contributed by atoms with Crippen LogP contribution in [0.1, 0.15) is 31.9 Å². The van der Waals surface area contributed by atoms with Gasteiger partial charge in [-0.05, 0) is 62.6 Å². The molecule has 0 saturated carbocycles. The van der Waals surface area contributed by atoms with Crippen molar-refractivity contribution >= 4 is 6.09 Å². The first-order valence-electron chi connectivity index (χ1n) is 11.0. The number of amides is 1. The number of para-hydroxylation sites is 2. The summed E-state index contributed by atoms with van der Waals surface area (Å²) in [5, 5.41) is 2.84. The van der Waals surface area contributed by atoms with Gasteiger partial charge in [0.2, 0.25) is 0 Å². The van der Waals surface area contributed by atoms with Crippen molar-refractivity contribution in [3.63, 3.8) is 0 Å². The first-order valence-corrected chi connectivity index (χ1v) is 11.0. The molecule has 3 aromatic rings. The molecule has 3 aromatic carbocycles. The first kappa shape index (κ1) is 24.1. The van der Waals surface area contributed by atoms with E-state index < -0.39 is 11.7 Å². The van der Waals surface area contributed by atoms with Crippen molar-refractivity contribution in [3.05, 3.63) is 90.0 Å². The van der Waals surface area contributed by atoms with Crippen LogP contribution in [-0.4, -0.2) is 24.3 Å². The van der Waals surface area contributed by atoms with E-state index in [1.165, 1.54) is 0 Å². The van der Waals surface area contributed by atoms with Crippen LogP contribution in [0, 0.1) is 0 Å². The molecule has 3 N–H and O–H groups in total. The van der Waals surface area contributed by atoms with E-state index in [2.05, 4.69) is 5.32 Å². The second-order valence-electron chi connectivity index (χ2n) is 8.75. The molecule has 0 bridgehead atoms. The van der Waals surface area contributed by atoms with Gasteiger partial charge < -0.3 is 25.3 Å². The number of rotatable bonds is 9. The van der Waals surface area contributed by atoms with E-state index in [9.17, 15) is 4.79 Å². The van der Waals surface area contributed by atoms with Crippen LogP contribution in [0.4, 0.5) is 4.79 Å². The monoisotopic (exact) mass is 448 g/mol. The molecule has 6 nitrogen and oxygen atoms in total. The van der Waals surface area contributed by atoms with E-state index in [0.29, 0.717) is 36.8 Å². The average molecular weight is 449 g/mol. The molecule has 1 atom stereocenters. The molecular weight excluding hydrogens is 416 g/mol. The summed E-state index contributed by atoms with van der Waals surface area (Å²) in [6, 6.07) is 25.0. The van der Waals surface area contributed by atoms with E-state index in [0.717, 1.165) is 11.1 Å². The Labute approximate surface area is 195 Å². The molecule has 3 rings (SSSR count). The van der Waals surface area contributed by atoms with E-state index >= 15 is 0 Å². The van der Waals surface area contributed by atoms with Crippen LogP contribution in [0.5, 0.6) is 17.2 Å². The Kier molecular flexibility index (Phi) is 8.33. The van der Waals surface area contributed by atoms with Gasteiger partial charge in [0.1, 0.15) is 18.0 Å². The van der Waals surface area contributed by atoms with Gasteiger partial charge in [-0.15, -0.1) is 0 Å². The number of carbonyl (C=O) groups excluding carboxylic acids is 1. The standard InChI is InChI=1S/C27H32N2O4/c1-27(2,3)33-26(30)29-22(18-28)16-21-12-9-13-23(17-21)32-25-15-8-7-14-24(25)31-19-20-10-5-4-6-11-20/h4-15,17,22H,16,18-19,28H2,1-3H3,(H,29,30). The van der Waals surface area contributed by atoms with Crippen molar-refractivity contribution in [3.8, 4) is 17.2 Å². The zero-order valence-electron chi connectivity index (χ0n) is 19.4. The summed E-state index contributed by atoms with van der Waals surface area (Å²) >= 11 is 0. The van der Waals surface area contributed by atoms with Crippen molar-refractivity contribution in [1.82, 2.24) is 5.32 Å². The number of nitrogens with one attached hydrogen (secondary N) is 1. The molecule has 0 aliphatic heterocycles. The third kappa shape index (κ3) is 8.16. The molecule has 0 radical (unpaired) electrons. The predicted molar refractivity (Wildman–Crippen MR) is 130 cm³/mol. The normalized spacial score (nSPS) is 12.0. The number of benzene rings is 3. The fourth-order valence-electron chi connectivity index (χ4n) is 3.20. The Morgan fingerprint density at radius 3 is 2.27 bits per heavy atom. The molecule has 174 valence electrons. The lowest BCUT2D eigenvalue weighted by molar-refractivity contribution is 0.0506. The van der Waals surface area contributed by atoms with Gasteiger partial charge in [-0.3, -0.25) is 0 Å². The maximum Gasteiger partial charge on any atom is 0.407 e. The highest BCUT2D eigenvalue weighted by Crippen LogP contribution is 2.32. The molecule has 0 aromatic heterocycles. The minimum absolute atomic E-state index is 0.253. The van der Waals surface area contributed by atoms with Crippen LogP contribution in [0.3, 0.4) is 0 Å². The SMILES string of the molecule is CC(C)(C)OC(=O)NC(CN)Cc1cccc(Oc2ccccc2OCc2ccccc2)c1. The molecule has 6 heteroatoms. The molecule has 0 aliphatic carbocycles. The summed E-state index contributed by atoms with van der Waals surface area (Å²) < 4.78 is 17.5. The fourth-order valence-corrected chi connectivity index (χ4v) is 3.20. The van der Waals surface area contributed by atoms with Gasteiger partial charge in [0.25, 0.3) is 0 Å². The lowest BCUT2D eigenvalue weighted by Gasteiger charge is -2.23. The topological polar surface area (TPSA) is 82.8 Å². The molecule has 0 fully saturated rings. The van der Waals surface area contributed by atoms with Crippen LogP contribution in [0.25, 0.3) is 0 Å². The molecule has 1 amide bonds. The van der Waals surface area contributed by atoms with Gasteiger partial charge in [-0.25, -0.2) is 4.79 Å². The highest BCUT2D eigenvalue weighted by atomic mass is 16.6. The summed E-state index contributed by atoms with van der Waals surface area (Å²) in [5.74, 6) is 1.97. The van der Waals surface area contributed by atoms with Crippen molar-refractivity contribution in [2.45, 2.75) is 45.4 Å². The Bertz CT molecular complexity index is 1030. The molecule has 0 aliphatic rings. The minimum atomic E-state index is -0.563. The summed E-state index contributed by atoms with van der Waals surface area (Å²) in [6.07, 6.45) is 0.0777. The van der Waals surface area contributed by atoms with E-state index in [1.807, 2.05) is 99.6 Å². The molecule has 0 saturated heterocycles. The van der Waals surface area contributed by atoms with Crippen molar-refractivity contribution < 1.29 is 19.0 Å². The minimum Gasteiger partial charge on any atom is -0.485 e. The molecule has 0 heterocycles. The molecule has 1 unspecified atom stereocenters. The number of alkyl carbamates (subject to hydrolysis) is 1. The Morgan fingerprint density at radius 1 is 0.909 bits per heavy atom. The second kappa shape index (κ2) is 11.4. The maximum absolute atomic E-state index is 12.1. The number of hydrogen-bond acceptors (Lipinski definition) is 5. The first-order chi connectivity index (χ1) is 15.8. The summed E-state index contributed by atoms with van der Waals surface area (Å²) in [5.41, 5.74) is 7.39. The van der Waals surface area contributed by atoms with Crippen molar-refractivity contribution in [2.75, 3.05) is 6.54 Å². The number of nitrogens with two attached hydrogens (primary N) is 1. The third-order valence-electron chi connectivity index (χ3n) is 4.70. The predicted octanol–water partition coefficient (Wildman–Crippen LogP) is 5.45. The molecular formula is C27H32N2O4. The van der Waals surface area contributed by atoms with Gasteiger partial charge in [0.15, 0.2) is 11.5 Å². The zero-order chi connectivity index (χ0) is 23.7. The fraction of sp³-hybridized carbons (Fsp3) is 0.296. The number of carbonyl (C=O) groups is 1. The highest BCUT2D eigenvalue weighted by molar-refractivity contribution is 5.68. The largest absolute Gasteiger partial charge is 0.485 e. The molecule has 0 spiro atoms. The van der Waals surface area contributed by atoms with Gasteiger partial charge in [0, 0.05) is 12.6 Å². The zero-order valence-corrected chi connectivity index (χ0v) is 19.4. The average Bonchev–Trinajstić information content (AvgIpc) is 2.78. The summed E-state index contributed by atoms with van der Waals surface area (Å²) in [7, 11) is 0. The van der Waals surface area contributed by atoms with Crippen LogP contribution in [0.2, 0.25) is 0 Å². The van der Waals surface area contributed by atoms with Gasteiger partial charge in [0.05, 0.1) is 0 Å². The van der Waals surface area contributed by atoms with Gasteiger partial charge in [-0.1, -0.05) is 54.6 Å². The van der Waals surface area contributed by atoms with Gasteiger partial charge in [-0.2, -0.15) is 0 Å². The summed E-state index contributed by atoms with van der Waals surface area (Å²) in [4.78, 5) is 12.1. The van der Waals surface area contributed by atoms with Crippen LogP contribution in [-0.2, 0) is 17.8 Å². The van der Waals surface area contributed by atoms with E-state index in [-0.39, 0.29) is 6.04 Å². The Morgan fingerprint density at radius 2 is 1.58 bits per heavy atom. The second-order valence-corrected chi connectivity index (χ2v) is 8.75. The van der Waals surface area contributed by atoms with E-state index in [4.69, 9.17) is 19.9 Å². The highest BCUT2D eigenvalue weighted by Gasteiger charge is 2.19. The van der Waals surface area contributed by atoms with Crippen LogP contribution in [0.15, 0.2) is 78.9 Å². The van der Waals surface area contributed by atoms with E-state index in [1.54, 1.807) is 0 Å². The van der Waals surface area contributed by atoms with Crippen LogP contribution >= 0.6 is 0 Å². The Balaban J connectivity index is 1.64. The number of ether oxygens (including phenoxy) is 3. The third-order valence-corrected chi connectivity index (χ3v) is 4.70.